The predicted octanol–water partition coefficient (Wildman–Crippen LogP) is 1.79. The Balaban J connectivity index is 2.12. The topological polar surface area (TPSA) is 58.6 Å². The van der Waals surface area contributed by atoms with Crippen molar-refractivity contribution in [2.75, 3.05) is 7.11 Å². The number of carbonyl (C=O) groups is 1. The van der Waals surface area contributed by atoms with Crippen LogP contribution in [0.4, 0.5) is 0 Å². The van der Waals surface area contributed by atoms with Crippen molar-refractivity contribution < 1.29 is 14.6 Å². The monoisotopic (exact) mass is 263 g/mol. The fourth-order valence-corrected chi connectivity index (χ4v) is 2.58. The van der Waals surface area contributed by atoms with Crippen molar-refractivity contribution in [3.8, 4) is 0 Å². The standard InChI is InChI=1S/C15H21NO3/c1-19-15(18)14(11-7-3-2-4-8-11)16-12-9-5-6-10-13(12)17/h2-4,7-8,12-14,16-17H,5-6,9-10H2,1H3. The lowest BCUT2D eigenvalue weighted by atomic mass is 9.91. The van der Waals surface area contributed by atoms with Crippen molar-refractivity contribution in [2.24, 2.45) is 0 Å². The molecule has 0 radical (unpaired) electrons. The van der Waals surface area contributed by atoms with Crippen LogP contribution in [0.25, 0.3) is 0 Å². The molecule has 0 saturated heterocycles. The van der Waals surface area contributed by atoms with Gasteiger partial charge in [-0.1, -0.05) is 43.2 Å². The average Bonchev–Trinajstić information content (AvgIpc) is 2.46. The zero-order valence-electron chi connectivity index (χ0n) is 11.2. The van der Waals surface area contributed by atoms with E-state index in [0.29, 0.717) is 0 Å². The Kier molecular flexibility index (Phi) is 4.93. The van der Waals surface area contributed by atoms with Gasteiger partial charge in [0, 0.05) is 6.04 Å². The molecule has 4 heteroatoms. The first kappa shape index (κ1) is 14.0. The molecule has 1 aromatic carbocycles. The number of rotatable bonds is 4. The molecule has 1 aromatic rings. The largest absolute Gasteiger partial charge is 0.468 e. The van der Waals surface area contributed by atoms with Crippen LogP contribution in [0.3, 0.4) is 0 Å². The van der Waals surface area contributed by atoms with Crippen LogP contribution >= 0.6 is 0 Å². The molecule has 3 unspecified atom stereocenters. The van der Waals surface area contributed by atoms with Crippen LogP contribution in [0.5, 0.6) is 0 Å². The second-order valence-electron chi connectivity index (χ2n) is 4.99. The molecule has 1 aliphatic carbocycles. The molecule has 2 N–H and O–H groups in total. The Labute approximate surface area is 113 Å². The maximum absolute atomic E-state index is 11.9. The molecule has 1 fully saturated rings. The highest BCUT2D eigenvalue weighted by Crippen LogP contribution is 2.22. The van der Waals surface area contributed by atoms with Crippen molar-refractivity contribution in [1.82, 2.24) is 5.32 Å². The van der Waals surface area contributed by atoms with E-state index in [1.54, 1.807) is 0 Å². The zero-order chi connectivity index (χ0) is 13.7. The van der Waals surface area contributed by atoms with Crippen molar-refractivity contribution in [1.29, 1.82) is 0 Å². The number of carbonyl (C=O) groups excluding carboxylic acids is 1. The van der Waals surface area contributed by atoms with Gasteiger partial charge in [0.15, 0.2) is 0 Å². The Morgan fingerprint density at radius 2 is 2.00 bits per heavy atom. The summed E-state index contributed by atoms with van der Waals surface area (Å²) in [4.78, 5) is 11.9. The van der Waals surface area contributed by atoms with Gasteiger partial charge in [-0.05, 0) is 18.4 Å². The van der Waals surface area contributed by atoms with Gasteiger partial charge >= 0.3 is 5.97 Å². The molecule has 1 saturated carbocycles. The van der Waals surface area contributed by atoms with Crippen LogP contribution in [-0.2, 0) is 9.53 Å². The van der Waals surface area contributed by atoms with Crippen molar-refractivity contribution in [3.05, 3.63) is 35.9 Å². The Hall–Kier alpha value is -1.39. The van der Waals surface area contributed by atoms with E-state index in [1.165, 1.54) is 7.11 Å². The first-order chi connectivity index (χ1) is 9.22. The number of nitrogens with one attached hydrogen (secondary N) is 1. The molecule has 0 amide bonds. The molecule has 0 spiro atoms. The number of methoxy groups -OCH3 is 1. The predicted molar refractivity (Wildman–Crippen MR) is 72.6 cm³/mol. The summed E-state index contributed by atoms with van der Waals surface area (Å²) in [6, 6.07) is 8.93. The van der Waals surface area contributed by atoms with E-state index in [1.807, 2.05) is 30.3 Å². The lowest BCUT2D eigenvalue weighted by Crippen LogP contribution is -2.46. The maximum atomic E-state index is 11.9. The molecule has 0 aromatic heterocycles. The number of ether oxygens (including phenoxy) is 1. The Morgan fingerprint density at radius 1 is 1.32 bits per heavy atom. The highest BCUT2D eigenvalue weighted by molar-refractivity contribution is 5.77. The summed E-state index contributed by atoms with van der Waals surface area (Å²) in [7, 11) is 1.39. The molecule has 3 atom stereocenters. The van der Waals surface area contributed by atoms with Gasteiger partial charge in [0.2, 0.25) is 0 Å². The van der Waals surface area contributed by atoms with Crippen molar-refractivity contribution in [3.63, 3.8) is 0 Å². The minimum Gasteiger partial charge on any atom is -0.468 e. The molecule has 19 heavy (non-hydrogen) atoms. The molecule has 0 bridgehead atoms. The summed E-state index contributed by atoms with van der Waals surface area (Å²) in [5.74, 6) is -0.316. The maximum Gasteiger partial charge on any atom is 0.327 e. The minimum absolute atomic E-state index is 0.0435. The van der Waals surface area contributed by atoms with Gasteiger partial charge in [-0.2, -0.15) is 0 Å². The van der Waals surface area contributed by atoms with Crippen LogP contribution in [-0.4, -0.2) is 30.3 Å². The van der Waals surface area contributed by atoms with Gasteiger partial charge in [0.25, 0.3) is 0 Å². The minimum atomic E-state index is -0.510. The quantitative estimate of drug-likeness (QED) is 0.813. The number of hydrogen-bond acceptors (Lipinski definition) is 4. The molecule has 1 aliphatic rings. The fourth-order valence-electron chi connectivity index (χ4n) is 2.58. The lowest BCUT2D eigenvalue weighted by molar-refractivity contribution is -0.143. The molecule has 0 heterocycles. The Bertz CT molecular complexity index is 407. The second kappa shape index (κ2) is 6.68. The van der Waals surface area contributed by atoms with Gasteiger partial charge in [-0.15, -0.1) is 0 Å². The summed E-state index contributed by atoms with van der Waals surface area (Å²) in [5.41, 5.74) is 0.868. The van der Waals surface area contributed by atoms with Gasteiger partial charge in [0.05, 0.1) is 13.2 Å². The van der Waals surface area contributed by atoms with Gasteiger partial charge in [-0.25, -0.2) is 4.79 Å². The SMILES string of the molecule is COC(=O)C(NC1CCCCC1O)c1ccccc1. The third kappa shape index (κ3) is 3.55. The third-order valence-corrected chi connectivity index (χ3v) is 3.68. The zero-order valence-corrected chi connectivity index (χ0v) is 11.2. The van der Waals surface area contributed by atoms with Crippen LogP contribution in [0.2, 0.25) is 0 Å². The third-order valence-electron chi connectivity index (χ3n) is 3.68. The van der Waals surface area contributed by atoms with Crippen molar-refractivity contribution >= 4 is 5.97 Å². The van der Waals surface area contributed by atoms with E-state index in [0.717, 1.165) is 31.2 Å². The number of hydrogen-bond donors (Lipinski definition) is 2. The van der Waals surface area contributed by atoms with Crippen LogP contribution in [0, 0.1) is 0 Å². The van der Waals surface area contributed by atoms with E-state index in [9.17, 15) is 9.90 Å². The van der Waals surface area contributed by atoms with E-state index >= 15 is 0 Å². The highest BCUT2D eigenvalue weighted by Gasteiger charge is 2.29. The summed E-state index contributed by atoms with van der Waals surface area (Å²) < 4.78 is 4.86. The highest BCUT2D eigenvalue weighted by atomic mass is 16.5. The Morgan fingerprint density at radius 3 is 2.63 bits per heavy atom. The van der Waals surface area contributed by atoms with Crippen LogP contribution in [0.1, 0.15) is 37.3 Å². The molecule has 0 aliphatic heterocycles. The molecule has 4 nitrogen and oxygen atoms in total. The molecule has 2 rings (SSSR count). The smallest absolute Gasteiger partial charge is 0.327 e. The van der Waals surface area contributed by atoms with E-state index < -0.39 is 6.04 Å². The first-order valence-electron chi connectivity index (χ1n) is 6.79. The summed E-state index contributed by atoms with van der Waals surface area (Å²) in [6.07, 6.45) is 3.43. The summed E-state index contributed by atoms with van der Waals surface area (Å²) >= 11 is 0. The molecular weight excluding hydrogens is 242 g/mol. The lowest BCUT2D eigenvalue weighted by Gasteiger charge is -2.31. The van der Waals surface area contributed by atoms with E-state index in [-0.39, 0.29) is 18.1 Å². The number of aliphatic hydroxyl groups is 1. The number of benzene rings is 1. The van der Waals surface area contributed by atoms with Crippen molar-refractivity contribution in [2.45, 2.75) is 43.9 Å². The van der Waals surface area contributed by atoms with E-state index in [4.69, 9.17) is 4.74 Å². The summed E-state index contributed by atoms with van der Waals surface area (Å²) in [6.45, 7) is 0. The first-order valence-corrected chi connectivity index (χ1v) is 6.79. The van der Waals surface area contributed by atoms with Gasteiger partial charge in [0.1, 0.15) is 6.04 Å². The van der Waals surface area contributed by atoms with Gasteiger partial charge < -0.3 is 9.84 Å². The van der Waals surface area contributed by atoms with Gasteiger partial charge in [-0.3, -0.25) is 5.32 Å². The number of esters is 1. The normalized spacial score (nSPS) is 24.7. The fraction of sp³-hybridized carbons (Fsp3) is 0.533. The average molecular weight is 263 g/mol. The molecule has 104 valence electrons. The van der Waals surface area contributed by atoms with E-state index in [2.05, 4.69) is 5.32 Å². The van der Waals surface area contributed by atoms with Crippen LogP contribution in [0.15, 0.2) is 30.3 Å². The molecular formula is C15H21NO3. The van der Waals surface area contributed by atoms with Crippen LogP contribution < -0.4 is 5.32 Å². The summed E-state index contributed by atoms with van der Waals surface area (Å²) in [5, 5.41) is 13.3. The second-order valence-corrected chi connectivity index (χ2v) is 4.99. The number of aliphatic hydroxyl groups excluding tert-OH is 1.